The molecule has 0 aliphatic carbocycles. The van der Waals surface area contributed by atoms with E-state index < -0.39 is 0 Å². The number of thiazole rings is 1. The van der Waals surface area contributed by atoms with Crippen molar-refractivity contribution < 1.29 is 14.3 Å². The Morgan fingerprint density at radius 2 is 2.07 bits per heavy atom. The Balaban J connectivity index is 1.56. The number of hydrogen-bond donors (Lipinski definition) is 1. The zero-order chi connectivity index (χ0) is 18.8. The molecule has 8 heteroatoms. The van der Waals surface area contributed by atoms with Crippen molar-refractivity contribution in [1.82, 2.24) is 4.98 Å². The minimum absolute atomic E-state index is 0.196. The van der Waals surface area contributed by atoms with Gasteiger partial charge in [0.05, 0.1) is 36.1 Å². The highest BCUT2D eigenvalue weighted by molar-refractivity contribution is 9.10. The fourth-order valence-electron chi connectivity index (χ4n) is 2.88. The number of rotatable bonds is 4. The van der Waals surface area contributed by atoms with Gasteiger partial charge in [-0.25, -0.2) is 4.98 Å². The van der Waals surface area contributed by atoms with E-state index >= 15 is 0 Å². The van der Waals surface area contributed by atoms with Crippen LogP contribution in [0.1, 0.15) is 10.4 Å². The first-order chi connectivity index (χ1) is 13.1. The zero-order valence-electron chi connectivity index (χ0n) is 14.7. The molecule has 0 saturated carbocycles. The van der Waals surface area contributed by atoms with Gasteiger partial charge in [-0.15, -0.1) is 0 Å². The van der Waals surface area contributed by atoms with Gasteiger partial charge in [-0.2, -0.15) is 0 Å². The predicted molar refractivity (Wildman–Crippen MR) is 111 cm³/mol. The number of hydrogen-bond acceptors (Lipinski definition) is 6. The lowest BCUT2D eigenvalue weighted by molar-refractivity contribution is 0.102. The molecule has 1 fully saturated rings. The molecule has 0 radical (unpaired) electrons. The zero-order valence-corrected chi connectivity index (χ0v) is 17.1. The van der Waals surface area contributed by atoms with Crippen molar-refractivity contribution in [3.05, 3.63) is 46.4 Å². The van der Waals surface area contributed by atoms with Crippen molar-refractivity contribution in [3.63, 3.8) is 0 Å². The van der Waals surface area contributed by atoms with Crippen LogP contribution in [0.15, 0.2) is 40.9 Å². The largest absolute Gasteiger partial charge is 0.497 e. The number of ether oxygens (including phenoxy) is 2. The molecule has 1 N–H and O–H groups in total. The molecule has 140 valence electrons. The minimum Gasteiger partial charge on any atom is -0.497 e. The van der Waals surface area contributed by atoms with Crippen molar-refractivity contribution in [2.75, 3.05) is 43.6 Å². The van der Waals surface area contributed by atoms with Gasteiger partial charge in [0.25, 0.3) is 5.91 Å². The Bertz CT molecular complexity index is 985. The average Bonchev–Trinajstić information content (AvgIpc) is 3.12. The van der Waals surface area contributed by atoms with Gasteiger partial charge in [0, 0.05) is 23.2 Å². The Hall–Kier alpha value is -2.16. The number of fused-ring (bicyclic) bond motifs is 1. The first-order valence-corrected chi connectivity index (χ1v) is 10.1. The number of benzene rings is 2. The number of anilines is 2. The molecule has 2 heterocycles. The lowest BCUT2D eigenvalue weighted by atomic mass is 10.2. The molecule has 0 unspecified atom stereocenters. The number of aromatic nitrogens is 1. The molecule has 0 bridgehead atoms. The Morgan fingerprint density at radius 3 is 2.85 bits per heavy atom. The van der Waals surface area contributed by atoms with Crippen LogP contribution in [0.3, 0.4) is 0 Å². The SMILES string of the molecule is COc1ccc(Br)c(C(=O)Nc2ccc3nc(N4CCOCC4)sc3c2)c1. The molecule has 1 aliphatic rings. The monoisotopic (exact) mass is 447 g/mol. The number of nitrogens with one attached hydrogen (secondary N) is 1. The van der Waals surface area contributed by atoms with Crippen LogP contribution in [-0.2, 0) is 4.74 Å². The van der Waals surface area contributed by atoms with E-state index in [2.05, 4.69) is 26.1 Å². The maximum absolute atomic E-state index is 12.7. The van der Waals surface area contributed by atoms with E-state index in [1.54, 1.807) is 36.6 Å². The lowest BCUT2D eigenvalue weighted by Crippen LogP contribution is -2.36. The number of carbonyl (C=O) groups is 1. The van der Waals surface area contributed by atoms with Crippen molar-refractivity contribution in [2.24, 2.45) is 0 Å². The van der Waals surface area contributed by atoms with Crippen LogP contribution < -0.4 is 15.0 Å². The van der Waals surface area contributed by atoms with Gasteiger partial charge in [-0.05, 0) is 52.3 Å². The summed E-state index contributed by atoms with van der Waals surface area (Å²) in [5, 5.41) is 3.94. The fraction of sp³-hybridized carbons (Fsp3) is 0.263. The second-order valence-electron chi connectivity index (χ2n) is 6.08. The van der Waals surface area contributed by atoms with Crippen molar-refractivity contribution in [2.45, 2.75) is 0 Å². The van der Waals surface area contributed by atoms with E-state index in [-0.39, 0.29) is 5.91 Å². The molecular formula is C19H18BrN3O3S. The maximum atomic E-state index is 12.7. The highest BCUT2D eigenvalue weighted by atomic mass is 79.9. The van der Waals surface area contributed by atoms with Crippen molar-refractivity contribution in [1.29, 1.82) is 0 Å². The maximum Gasteiger partial charge on any atom is 0.256 e. The molecule has 1 saturated heterocycles. The Labute approximate surface area is 169 Å². The molecule has 0 spiro atoms. The Kier molecular flexibility index (Phi) is 5.29. The van der Waals surface area contributed by atoms with E-state index in [1.807, 2.05) is 18.2 Å². The van der Waals surface area contributed by atoms with E-state index in [9.17, 15) is 4.79 Å². The van der Waals surface area contributed by atoms with Crippen LogP contribution in [0.5, 0.6) is 5.75 Å². The third-order valence-corrected chi connectivity index (χ3v) is 6.11. The molecule has 3 aromatic rings. The molecule has 1 aliphatic heterocycles. The summed E-state index contributed by atoms with van der Waals surface area (Å²) >= 11 is 5.05. The third kappa shape index (κ3) is 3.92. The van der Waals surface area contributed by atoms with Gasteiger partial charge >= 0.3 is 0 Å². The first-order valence-electron chi connectivity index (χ1n) is 8.52. The fourth-order valence-corrected chi connectivity index (χ4v) is 4.37. The molecule has 0 atom stereocenters. The van der Waals surface area contributed by atoms with Crippen LogP contribution in [-0.4, -0.2) is 44.3 Å². The molecule has 4 rings (SSSR count). The van der Waals surface area contributed by atoms with Crippen LogP contribution >= 0.6 is 27.3 Å². The van der Waals surface area contributed by atoms with Crippen LogP contribution in [0.4, 0.5) is 10.8 Å². The summed E-state index contributed by atoms with van der Waals surface area (Å²) in [4.78, 5) is 19.6. The van der Waals surface area contributed by atoms with Crippen LogP contribution in [0.2, 0.25) is 0 Å². The van der Waals surface area contributed by atoms with E-state index in [1.165, 1.54) is 0 Å². The number of morpholine rings is 1. The summed E-state index contributed by atoms with van der Waals surface area (Å²) < 4.78 is 12.4. The normalized spacial score (nSPS) is 14.4. The van der Waals surface area contributed by atoms with Crippen molar-refractivity contribution in [3.8, 4) is 5.75 Å². The highest BCUT2D eigenvalue weighted by Gasteiger charge is 2.16. The molecular weight excluding hydrogens is 430 g/mol. The van der Waals surface area contributed by atoms with Crippen LogP contribution in [0, 0.1) is 0 Å². The van der Waals surface area contributed by atoms with Gasteiger partial charge < -0.3 is 19.7 Å². The summed E-state index contributed by atoms with van der Waals surface area (Å²) in [6.07, 6.45) is 0. The van der Waals surface area contributed by atoms with E-state index in [0.717, 1.165) is 47.3 Å². The second-order valence-corrected chi connectivity index (χ2v) is 7.94. The molecule has 27 heavy (non-hydrogen) atoms. The van der Waals surface area contributed by atoms with Gasteiger partial charge in [-0.1, -0.05) is 11.3 Å². The minimum atomic E-state index is -0.196. The predicted octanol–water partition coefficient (Wildman–Crippen LogP) is 4.16. The van der Waals surface area contributed by atoms with Crippen molar-refractivity contribution >= 4 is 54.2 Å². The molecule has 6 nitrogen and oxygen atoms in total. The number of carbonyl (C=O) groups excluding carboxylic acids is 1. The second kappa shape index (κ2) is 7.84. The van der Waals surface area contributed by atoms with Gasteiger partial charge in [0.1, 0.15) is 5.75 Å². The van der Waals surface area contributed by atoms with Crippen LogP contribution in [0.25, 0.3) is 10.2 Å². The van der Waals surface area contributed by atoms with E-state index in [4.69, 9.17) is 14.5 Å². The lowest BCUT2D eigenvalue weighted by Gasteiger charge is -2.25. The summed E-state index contributed by atoms with van der Waals surface area (Å²) in [6.45, 7) is 3.17. The standard InChI is InChI=1S/C19H18BrN3O3S/c1-25-13-3-4-15(20)14(11-13)18(24)21-12-2-5-16-17(10-12)27-19(22-16)23-6-8-26-9-7-23/h2-5,10-11H,6-9H2,1H3,(H,21,24). The summed E-state index contributed by atoms with van der Waals surface area (Å²) in [5.41, 5.74) is 2.19. The number of nitrogens with zero attached hydrogens (tertiary/aromatic N) is 2. The third-order valence-electron chi connectivity index (χ3n) is 4.33. The highest BCUT2D eigenvalue weighted by Crippen LogP contribution is 2.31. The summed E-state index contributed by atoms with van der Waals surface area (Å²) in [7, 11) is 1.58. The molecule has 2 aromatic carbocycles. The van der Waals surface area contributed by atoms with Gasteiger partial charge in [-0.3, -0.25) is 4.79 Å². The smallest absolute Gasteiger partial charge is 0.256 e. The summed E-state index contributed by atoms with van der Waals surface area (Å²) in [6, 6.07) is 11.1. The summed E-state index contributed by atoms with van der Waals surface area (Å²) in [5.74, 6) is 0.439. The Morgan fingerprint density at radius 1 is 1.26 bits per heavy atom. The molecule has 1 aromatic heterocycles. The average molecular weight is 448 g/mol. The number of amides is 1. The van der Waals surface area contributed by atoms with Gasteiger partial charge in [0.15, 0.2) is 5.13 Å². The topological polar surface area (TPSA) is 63.7 Å². The van der Waals surface area contributed by atoms with E-state index in [0.29, 0.717) is 15.8 Å². The quantitative estimate of drug-likeness (QED) is 0.650. The molecule has 1 amide bonds. The first kappa shape index (κ1) is 18.2. The van der Waals surface area contributed by atoms with Gasteiger partial charge in [0.2, 0.25) is 0 Å². The number of halogens is 1. The number of methoxy groups -OCH3 is 1.